The van der Waals surface area contributed by atoms with Crippen LogP contribution in [-0.4, -0.2) is 7.85 Å². The fraction of sp³-hybridized carbons (Fsp3) is 0.769. The van der Waals surface area contributed by atoms with Crippen molar-refractivity contribution in [2.45, 2.75) is 38.9 Å². The maximum absolute atomic E-state index is 9.18. The van der Waals surface area contributed by atoms with Crippen LogP contribution in [0, 0.1) is 57.2 Å². The van der Waals surface area contributed by atoms with E-state index in [1.165, 1.54) is 0 Å². The predicted octanol–water partition coefficient (Wildman–Crippen LogP) is 2.57. The van der Waals surface area contributed by atoms with Gasteiger partial charge in [-0.25, -0.2) is 0 Å². The van der Waals surface area contributed by atoms with Gasteiger partial charge in [-0.1, -0.05) is 38.9 Å². The lowest BCUT2D eigenvalue weighted by atomic mass is 9.63. The quantitative estimate of drug-likeness (QED) is 0.693. The van der Waals surface area contributed by atoms with E-state index in [0.717, 1.165) is 19.3 Å². The molecule has 2 radical (unpaired) electrons. The van der Waals surface area contributed by atoms with E-state index in [2.05, 4.69) is 13.8 Å². The van der Waals surface area contributed by atoms with Gasteiger partial charge in [-0.2, -0.15) is 15.8 Å². The van der Waals surface area contributed by atoms with Crippen LogP contribution in [0.15, 0.2) is 0 Å². The van der Waals surface area contributed by atoms with Crippen molar-refractivity contribution in [2.24, 2.45) is 23.2 Å². The largest absolute Gasteiger partial charge is 0.231 e. The van der Waals surface area contributed by atoms with Crippen molar-refractivity contribution in [1.82, 2.24) is 0 Å². The normalized spacial score (nSPS) is 32.4. The van der Waals surface area contributed by atoms with Crippen LogP contribution in [0.1, 0.15) is 33.1 Å². The highest BCUT2D eigenvalue weighted by Gasteiger charge is 2.51. The van der Waals surface area contributed by atoms with Crippen LogP contribution in [0.4, 0.5) is 0 Å². The molecule has 0 saturated heterocycles. The summed E-state index contributed by atoms with van der Waals surface area (Å²) in [5.41, 5.74) is -1.58. The minimum atomic E-state index is -1.58. The molecule has 0 aromatic carbocycles. The molecule has 0 aromatic rings. The minimum absolute atomic E-state index is 0.203. The number of nitriles is 3. The molecule has 0 aromatic heterocycles. The van der Waals surface area contributed by atoms with E-state index in [1.807, 2.05) is 18.2 Å². The molecule has 1 rings (SSSR count). The van der Waals surface area contributed by atoms with Gasteiger partial charge < -0.3 is 0 Å². The van der Waals surface area contributed by atoms with Gasteiger partial charge in [0, 0.05) is 5.92 Å². The third-order valence-electron chi connectivity index (χ3n) is 3.95. The first kappa shape index (κ1) is 13.6. The topological polar surface area (TPSA) is 71.4 Å². The molecule has 0 aliphatic heterocycles. The maximum Gasteiger partial charge on any atom is 0.231 e. The van der Waals surface area contributed by atoms with Gasteiger partial charge in [0.1, 0.15) is 18.2 Å². The molecule has 1 aliphatic rings. The zero-order valence-electron chi connectivity index (χ0n) is 10.3. The second-order valence-corrected chi connectivity index (χ2v) is 5.00. The Bertz CT molecular complexity index is 362. The van der Waals surface area contributed by atoms with E-state index in [-0.39, 0.29) is 17.7 Å². The van der Waals surface area contributed by atoms with Crippen LogP contribution in [0.25, 0.3) is 0 Å². The SMILES string of the molecule is [B]C1CC(C)C(CCC)C1C(C#N)(C#N)C#N. The molecule has 0 amide bonds. The molecule has 0 spiro atoms. The molecule has 0 heterocycles. The van der Waals surface area contributed by atoms with Crippen molar-refractivity contribution in [3.05, 3.63) is 0 Å². The van der Waals surface area contributed by atoms with Gasteiger partial charge in [0.15, 0.2) is 0 Å². The molecule has 4 heteroatoms. The Morgan fingerprint density at radius 1 is 1.24 bits per heavy atom. The van der Waals surface area contributed by atoms with Crippen LogP contribution in [-0.2, 0) is 0 Å². The third kappa shape index (κ3) is 2.16. The van der Waals surface area contributed by atoms with E-state index in [4.69, 9.17) is 7.85 Å². The summed E-state index contributed by atoms with van der Waals surface area (Å²) in [6.45, 7) is 4.16. The van der Waals surface area contributed by atoms with Gasteiger partial charge in [-0.3, -0.25) is 0 Å². The van der Waals surface area contributed by atoms with Gasteiger partial charge >= 0.3 is 0 Å². The zero-order chi connectivity index (χ0) is 13.1. The van der Waals surface area contributed by atoms with E-state index >= 15 is 0 Å². The molecular formula is C13H16BN3. The highest BCUT2D eigenvalue weighted by molar-refractivity contribution is 6.12. The summed E-state index contributed by atoms with van der Waals surface area (Å²) in [6, 6.07) is 5.68. The average Bonchev–Trinajstić information content (AvgIpc) is 2.60. The summed E-state index contributed by atoms with van der Waals surface area (Å²) in [5, 5.41) is 27.5. The first-order chi connectivity index (χ1) is 8.06. The summed E-state index contributed by atoms with van der Waals surface area (Å²) in [7, 11) is 6.05. The molecule has 4 unspecified atom stereocenters. The Kier molecular flexibility index (Phi) is 4.19. The zero-order valence-corrected chi connectivity index (χ0v) is 10.3. The first-order valence-electron chi connectivity index (χ1n) is 6.05. The second kappa shape index (κ2) is 5.24. The lowest BCUT2D eigenvalue weighted by molar-refractivity contribution is 0.246. The molecule has 0 N–H and O–H groups in total. The molecule has 1 saturated carbocycles. The van der Waals surface area contributed by atoms with Crippen molar-refractivity contribution in [2.75, 3.05) is 0 Å². The van der Waals surface area contributed by atoms with Crippen molar-refractivity contribution in [3.63, 3.8) is 0 Å². The van der Waals surface area contributed by atoms with Crippen molar-refractivity contribution in [1.29, 1.82) is 15.8 Å². The van der Waals surface area contributed by atoms with Crippen molar-refractivity contribution < 1.29 is 0 Å². The summed E-state index contributed by atoms with van der Waals surface area (Å²) in [6.07, 6.45) is 2.70. The van der Waals surface area contributed by atoms with Crippen LogP contribution in [0.2, 0.25) is 5.82 Å². The minimum Gasteiger partial charge on any atom is -0.195 e. The molecule has 86 valence electrons. The van der Waals surface area contributed by atoms with E-state index < -0.39 is 5.41 Å². The van der Waals surface area contributed by atoms with Crippen LogP contribution in [0.3, 0.4) is 0 Å². The number of nitrogens with zero attached hydrogens (tertiary/aromatic N) is 3. The number of hydrogen-bond acceptors (Lipinski definition) is 3. The first-order valence-corrected chi connectivity index (χ1v) is 6.05. The Hall–Kier alpha value is -1.47. The molecule has 3 nitrogen and oxygen atoms in total. The second-order valence-electron chi connectivity index (χ2n) is 5.00. The van der Waals surface area contributed by atoms with Crippen LogP contribution in [0.5, 0.6) is 0 Å². The van der Waals surface area contributed by atoms with Gasteiger partial charge in [0.25, 0.3) is 0 Å². The molecule has 1 fully saturated rings. The average molecular weight is 225 g/mol. The fourth-order valence-electron chi connectivity index (χ4n) is 3.16. The van der Waals surface area contributed by atoms with Gasteiger partial charge in [-0.05, 0) is 11.8 Å². The summed E-state index contributed by atoms with van der Waals surface area (Å²) in [4.78, 5) is 0. The van der Waals surface area contributed by atoms with Gasteiger partial charge in [0.2, 0.25) is 5.41 Å². The van der Waals surface area contributed by atoms with Crippen LogP contribution < -0.4 is 0 Å². The Morgan fingerprint density at radius 2 is 1.76 bits per heavy atom. The van der Waals surface area contributed by atoms with Gasteiger partial charge in [0.05, 0.1) is 7.85 Å². The molecular weight excluding hydrogens is 209 g/mol. The van der Waals surface area contributed by atoms with Gasteiger partial charge in [-0.15, -0.1) is 0 Å². The standard InChI is InChI=1S/C13H16BN3/c1-3-4-10-9(2)5-11(14)12(10)13(6-15,7-16)8-17/h9-12H,3-5H2,1-2H3. The molecule has 4 atom stereocenters. The molecule has 1 aliphatic carbocycles. The summed E-state index contributed by atoms with van der Waals surface area (Å²) >= 11 is 0. The number of rotatable bonds is 3. The fourth-order valence-corrected chi connectivity index (χ4v) is 3.16. The van der Waals surface area contributed by atoms with Crippen molar-refractivity contribution in [3.8, 4) is 18.2 Å². The highest BCUT2D eigenvalue weighted by Crippen LogP contribution is 2.53. The number of hydrogen-bond donors (Lipinski definition) is 0. The van der Waals surface area contributed by atoms with E-state index in [0.29, 0.717) is 5.92 Å². The van der Waals surface area contributed by atoms with E-state index in [1.54, 1.807) is 0 Å². The Balaban J connectivity index is 3.14. The monoisotopic (exact) mass is 225 g/mol. The highest BCUT2D eigenvalue weighted by atomic mass is 14.5. The lowest BCUT2D eigenvalue weighted by Crippen LogP contribution is -2.32. The summed E-state index contributed by atoms with van der Waals surface area (Å²) in [5.74, 6) is 0.0382. The van der Waals surface area contributed by atoms with Crippen LogP contribution >= 0.6 is 0 Å². The van der Waals surface area contributed by atoms with E-state index in [9.17, 15) is 15.8 Å². The van der Waals surface area contributed by atoms with Crippen molar-refractivity contribution >= 4 is 7.85 Å². The smallest absolute Gasteiger partial charge is 0.195 e. The molecule has 17 heavy (non-hydrogen) atoms. The Morgan fingerprint density at radius 3 is 2.18 bits per heavy atom. The maximum atomic E-state index is 9.18. The predicted molar refractivity (Wildman–Crippen MR) is 64.4 cm³/mol. The lowest BCUT2D eigenvalue weighted by Gasteiger charge is -2.29. The summed E-state index contributed by atoms with van der Waals surface area (Å²) < 4.78 is 0. The molecule has 0 bridgehead atoms. The third-order valence-corrected chi connectivity index (χ3v) is 3.95. The Labute approximate surface area is 104 Å².